The summed E-state index contributed by atoms with van der Waals surface area (Å²) < 4.78 is 7.79. The molecule has 1 saturated heterocycles. The van der Waals surface area contributed by atoms with Crippen molar-refractivity contribution in [2.75, 3.05) is 26.2 Å². The molecular formula is C28H45N5O3S. The first-order chi connectivity index (χ1) is 17.7. The highest BCUT2D eigenvalue weighted by molar-refractivity contribution is 8.00. The summed E-state index contributed by atoms with van der Waals surface area (Å²) in [6.45, 7) is 11.1. The number of fused-ring (bicyclic) bond motifs is 1. The van der Waals surface area contributed by atoms with Gasteiger partial charge in [0.2, 0.25) is 5.91 Å². The predicted octanol–water partition coefficient (Wildman–Crippen LogP) is 4.69. The Bertz CT molecular complexity index is 967. The van der Waals surface area contributed by atoms with E-state index in [-0.39, 0.29) is 23.3 Å². The number of ether oxygens (including phenoxy) is 1. The van der Waals surface area contributed by atoms with Crippen molar-refractivity contribution in [1.29, 1.82) is 0 Å². The lowest BCUT2D eigenvalue weighted by Gasteiger charge is -2.42. The third kappa shape index (κ3) is 6.29. The summed E-state index contributed by atoms with van der Waals surface area (Å²) in [7, 11) is 0. The molecule has 0 bridgehead atoms. The molecular weight excluding hydrogens is 486 g/mol. The maximum atomic E-state index is 13.2. The summed E-state index contributed by atoms with van der Waals surface area (Å²) in [4.78, 5) is 30.0. The van der Waals surface area contributed by atoms with E-state index in [1.54, 1.807) is 11.8 Å². The minimum Gasteiger partial charge on any atom is -0.444 e. The Kier molecular flexibility index (Phi) is 8.10. The highest BCUT2D eigenvalue weighted by Crippen LogP contribution is 2.42. The lowest BCUT2D eigenvalue weighted by Crippen LogP contribution is -2.54. The van der Waals surface area contributed by atoms with Gasteiger partial charge in [-0.25, -0.2) is 4.79 Å². The second-order valence-electron chi connectivity index (χ2n) is 12.4. The summed E-state index contributed by atoms with van der Waals surface area (Å²) in [5.74, 6) is 0.199. The van der Waals surface area contributed by atoms with Crippen molar-refractivity contribution < 1.29 is 14.3 Å². The average Bonchev–Trinajstić information content (AvgIpc) is 3.45. The first-order valence-corrected chi connectivity index (χ1v) is 15.3. The maximum Gasteiger partial charge on any atom is 0.410 e. The lowest BCUT2D eigenvalue weighted by molar-refractivity contribution is -0.121. The van der Waals surface area contributed by atoms with E-state index in [2.05, 4.69) is 21.8 Å². The van der Waals surface area contributed by atoms with Gasteiger partial charge in [0, 0.05) is 43.8 Å². The summed E-state index contributed by atoms with van der Waals surface area (Å²) in [6, 6.07) is 1.32. The van der Waals surface area contributed by atoms with E-state index in [4.69, 9.17) is 9.84 Å². The number of hydrogen-bond acceptors (Lipinski definition) is 6. The number of hydrogen-bond donors (Lipinski definition) is 1. The highest BCUT2D eigenvalue weighted by Gasteiger charge is 2.37. The molecule has 2 saturated carbocycles. The third-order valence-electron chi connectivity index (χ3n) is 8.54. The molecule has 3 fully saturated rings. The Hall–Kier alpha value is -1.74. The molecule has 1 aromatic rings. The van der Waals surface area contributed by atoms with Gasteiger partial charge >= 0.3 is 6.09 Å². The van der Waals surface area contributed by atoms with Crippen molar-refractivity contribution in [2.45, 2.75) is 126 Å². The van der Waals surface area contributed by atoms with Crippen LogP contribution in [0, 0.1) is 6.92 Å². The van der Waals surface area contributed by atoms with Gasteiger partial charge in [0.15, 0.2) is 0 Å². The van der Waals surface area contributed by atoms with Crippen LogP contribution >= 0.6 is 11.8 Å². The molecule has 4 aliphatic rings. The molecule has 206 valence electrons. The Morgan fingerprint density at radius 3 is 2.27 bits per heavy atom. The van der Waals surface area contributed by atoms with Gasteiger partial charge < -0.3 is 15.0 Å². The molecule has 1 aromatic heterocycles. The Morgan fingerprint density at radius 1 is 0.946 bits per heavy atom. The van der Waals surface area contributed by atoms with E-state index in [1.165, 1.54) is 42.7 Å². The number of aromatic nitrogens is 2. The average molecular weight is 532 g/mol. The Morgan fingerprint density at radius 2 is 1.62 bits per heavy atom. The van der Waals surface area contributed by atoms with Crippen molar-refractivity contribution in [1.82, 2.24) is 24.9 Å². The zero-order chi connectivity index (χ0) is 26.2. The summed E-state index contributed by atoms with van der Waals surface area (Å²) in [5, 5.41) is 9.49. The second-order valence-corrected chi connectivity index (χ2v) is 13.6. The van der Waals surface area contributed by atoms with Gasteiger partial charge in [0.1, 0.15) is 5.60 Å². The van der Waals surface area contributed by atoms with Crippen LogP contribution in [0.1, 0.15) is 95.9 Å². The van der Waals surface area contributed by atoms with Crippen LogP contribution in [0.5, 0.6) is 0 Å². The summed E-state index contributed by atoms with van der Waals surface area (Å²) >= 11 is 1.74. The van der Waals surface area contributed by atoms with Crippen LogP contribution in [0.3, 0.4) is 0 Å². The standard InChI is InChI=1S/C28H45N5O3S/c1-19-23-18-24(37-26(23)33(30-19)22-8-6-5-7-9-22)25(34)29-20-10-12-21(13-11-20)31-14-16-32(17-15-31)27(35)36-28(2,3)4/h20-22,24H,5-18H2,1-4H3,(H,29,34)/t20-,21+,24?. The molecule has 0 radical (unpaired) electrons. The SMILES string of the molecule is Cc1nn(C2CCCCC2)c2c1CC(C(=O)N[C@H]1CC[C@@H](N3CCN(C(=O)OC(C)(C)C)CC3)CC1)S2. The Balaban J connectivity index is 1.06. The van der Waals surface area contributed by atoms with E-state index in [0.717, 1.165) is 64.0 Å². The quantitative estimate of drug-likeness (QED) is 0.607. The van der Waals surface area contributed by atoms with Gasteiger partial charge in [-0.3, -0.25) is 14.4 Å². The molecule has 1 atom stereocenters. The number of nitrogens with zero attached hydrogens (tertiary/aromatic N) is 4. The summed E-state index contributed by atoms with van der Waals surface area (Å²) in [6.07, 6.45) is 11.2. The molecule has 0 spiro atoms. The van der Waals surface area contributed by atoms with E-state index in [9.17, 15) is 9.59 Å². The number of thioether (sulfide) groups is 1. The van der Waals surface area contributed by atoms with Crippen LogP contribution in [0.4, 0.5) is 4.79 Å². The van der Waals surface area contributed by atoms with E-state index < -0.39 is 5.60 Å². The largest absolute Gasteiger partial charge is 0.444 e. The summed E-state index contributed by atoms with van der Waals surface area (Å²) in [5.41, 5.74) is 1.95. The van der Waals surface area contributed by atoms with Crippen molar-refractivity contribution in [3.05, 3.63) is 11.3 Å². The maximum absolute atomic E-state index is 13.2. The van der Waals surface area contributed by atoms with Gasteiger partial charge in [-0.15, -0.1) is 0 Å². The van der Waals surface area contributed by atoms with Crippen LogP contribution in [0.2, 0.25) is 0 Å². The molecule has 3 heterocycles. The predicted molar refractivity (Wildman–Crippen MR) is 146 cm³/mol. The van der Waals surface area contributed by atoms with Gasteiger partial charge in [0.05, 0.1) is 22.0 Å². The molecule has 2 aliphatic heterocycles. The van der Waals surface area contributed by atoms with Crippen molar-refractivity contribution in [3.63, 3.8) is 0 Å². The number of carbonyl (C=O) groups excluding carboxylic acids is 2. The normalized spacial score (nSPS) is 27.7. The fourth-order valence-corrected chi connectivity index (χ4v) is 7.84. The monoisotopic (exact) mass is 531 g/mol. The molecule has 5 rings (SSSR count). The van der Waals surface area contributed by atoms with Crippen molar-refractivity contribution in [3.8, 4) is 0 Å². The number of amides is 2. The second kappa shape index (κ2) is 11.2. The topological polar surface area (TPSA) is 79.7 Å². The van der Waals surface area contributed by atoms with Crippen LogP contribution in [-0.4, -0.2) is 80.7 Å². The van der Waals surface area contributed by atoms with E-state index >= 15 is 0 Å². The van der Waals surface area contributed by atoms with Gasteiger partial charge in [0.25, 0.3) is 0 Å². The first kappa shape index (κ1) is 26.9. The number of rotatable bonds is 4. The van der Waals surface area contributed by atoms with Gasteiger partial charge in [-0.2, -0.15) is 5.10 Å². The van der Waals surface area contributed by atoms with Gasteiger partial charge in [-0.05, 0) is 72.6 Å². The van der Waals surface area contributed by atoms with Crippen LogP contribution in [-0.2, 0) is 16.0 Å². The molecule has 8 nitrogen and oxygen atoms in total. The highest BCUT2D eigenvalue weighted by atomic mass is 32.2. The minimum atomic E-state index is -0.453. The zero-order valence-electron chi connectivity index (χ0n) is 23.1. The lowest BCUT2D eigenvalue weighted by atomic mass is 9.89. The number of aryl methyl sites for hydroxylation is 1. The molecule has 2 aliphatic carbocycles. The number of piperazine rings is 1. The zero-order valence-corrected chi connectivity index (χ0v) is 23.9. The molecule has 1 unspecified atom stereocenters. The molecule has 9 heteroatoms. The molecule has 1 N–H and O–H groups in total. The Labute approximate surface area is 226 Å². The number of nitrogens with one attached hydrogen (secondary N) is 1. The van der Waals surface area contributed by atoms with Crippen molar-refractivity contribution in [2.24, 2.45) is 0 Å². The fraction of sp³-hybridized carbons (Fsp3) is 0.821. The van der Waals surface area contributed by atoms with Crippen molar-refractivity contribution >= 4 is 23.8 Å². The third-order valence-corrected chi connectivity index (χ3v) is 9.86. The number of carbonyl (C=O) groups is 2. The minimum absolute atomic E-state index is 0.0276. The van der Waals surface area contributed by atoms with Gasteiger partial charge in [-0.1, -0.05) is 31.0 Å². The van der Waals surface area contributed by atoms with Crippen LogP contribution in [0.15, 0.2) is 5.03 Å². The van der Waals surface area contributed by atoms with E-state index in [1.807, 2.05) is 25.7 Å². The van der Waals surface area contributed by atoms with Crippen LogP contribution in [0.25, 0.3) is 0 Å². The van der Waals surface area contributed by atoms with E-state index in [0.29, 0.717) is 12.1 Å². The molecule has 2 amide bonds. The molecule has 0 aromatic carbocycles. The van der Waals surface area contributed by atoms with Crippen LogP contribution < -0.4 is 5.32 Å². The smallest absolute Gasteiger partial charge is 0.410 e. The first-order valence-electron chi connectivity index (χ1n) is 14.4. The fourth-order valence-electron chi connectivity index (χ4n) is 6.48. The molecule has 37 heavy (non-hydrogen) atoms.